The molecule has 6 aliphatic rings. The maximum Gasteiger partial charge on any atom is 0.417 e. The molecule has 3 aliphatic heterocycles. The summed E-state index contributed by atoms with van der Waals surface area (Å²) in [7, 11) is 9.83. The summed E-state index contributed by atoms with van der Waals surface area (Å²) in [5, 5.41) is 7.87. The zero-order valence-electron chi connectivity index (χ0n) is 63.0. The Morgan fingerprint density at radius 2 is 1.25 bits per heavy atom. The van der Waals surface area contributed by atoms with Gasteiger partial charge in [-0.05, 0) is 113 Å². The molecular formula is C74H112ClF5N12O12. The molecule has 6 fully saturated rings. The van der Waals surface area contributed by atoms with Crippen molar-refractivity contribution in [1.82, 2.24) is 60.0 Å². The molecule has 7 rings (SSSR count). The predicted octanol–water partition coefficient (Wildman–Crippen LogP) is 7.06. The highest BCUT2D eigenvalue weighted by atomic mass is 35.5. The molecule has 582 valence electrons. The quantitative estimate of drug-likeness (QED) is 0.178. The molecule has 0 aromatic heterocycles. The number of likely N-dealkylation sites (N-methyl/N-ethyl adjacent to an activating group) is 7. The summed E-state index contributed by atoms with van der Waals surface area (Å²) in [6, 6.07) is -8.23. The number of amides is 12. The van der Waals surface area contributed by atoms with Gasteiger partial charge < -0.3 is 60.0 Å². The van der Waals surface area contributed by atoms with Gasteiger partial charge in [0.1, 0.15) is 53.9 Å². The molecule has 3 saturated carbocycles. The van der Waals surface area contributed by atoms with E-state index in [1.807, 2.05) is 20.8 Å². The van der Waals surface area contributed by atoms with E-state index in [0.29, 0.717) is 32.1 Å². The van der Waals surface area contributed by atoms with Gasteiger partial charge in [0, 0.05) is 94.3 Å². The van der Waals surface area contributed by atoms with Gasteiger partial charge in [-0.3, -0.25) is 57.5 Å². The van der Waals surface area contributed by atoms with Crippen LogP contribution in [0, 0.1) is 23.7 Å². The summed E-state index contributed by atoms with van der Waals surface area (Å²) in [6.45, 7) is 9.14. The van der Waals surface area contributed by atoms with Crippen LogP contribution in [0.3, 0.4) is 0 Å². The molecule has 0 unspecified atom stereocenters. The van der Waals surface area contributed by atoms with Gasteiger partial charge >= 0.3 is 6.18 Å². The molecule has 3 aliphatic carbocycles. The number of halogens is 6. The average Bonchev–Trinajstić information content (AvgIpc) is 1.33. The number of aryl methyl sites for hydroxylation is 1. The molecule has 1 aromatic rings. The molecular weight excluding hydrogens is 1380 g/mol. The number of nitrogens with zero attached hydrogens (tertiary/aromatic N) is 9. The molecule has 12 amide bonds. The molecule has 0 bridgehead atoms. The van der Waals surface area contributed by atoms with E-state index in [1.54, 1.807) is 13.8 Å². The van der Waals surface area contributed by atoms with Crippen molar-refractivity contribution in [3.05, 3.63) is 34.3 Å². The summed E-state index contributed by atoms with van der Waals surface area (Å²) in [4.78, 5) is 191. The van der Waals surface area contributed by atoms with Crippen molar-refractivity contribution in [2.45, 2.75) is 261 Å². The molecule has 0 radical (unpaired) electrons. The molecule has 3 saturated heterocycles. The molecule has 3 N–H and O–H groups in total. The fourth-order valence-corrected chi connectivity index (χ4v) is 16.1. The third-order valence-corrected chi connectivity index (χ3v) is 23.5. The second kappa shape index (κ2) is 35.9. The number of nitrogens with one attached hydrogen (secondary N) is 3. The number of likely N-dealkylation sites (tertiary alicyclic amines) is 1. The summed E-state index contributed by atoms with van der Waals surface area (Å²) < 4.78 is 71.2. The topological polar surface area (TPSA) is 270 Å². The Balaban J connectivity index is 1.31. The summed E-state index contributed by atoms with van der Waals surface area (Å²) in [6.07, 6.45) is 0.654. The van der Waals surface area contributed by atoms with Gasteiger partial charge in [0.25, 0.3) is 5.92 Å². The minimum absolute atomic E-state index is 0.0317. The van der Waals surface area contributed by atoms with Crippen LogP contribution >= 0.6 is 11.6 Å². The van der Waals surface area contributed by atoms with E-state index in [2.05, 4.69) is 16.0 Å². The van der Waals surface area contributed by atoms with Crippen LogP contribution in [0.4, 0.5) is 22.0 Å². The van der Waals surface area contributed by atoms with E-state index >= 15 is 24.0 Å². The number of alkyl halides is 5. The van der Waals surface area contributed by atoms with Crippen LogP contribution in [0.15, 0.2) is 18.2 Å². The average molecular weight is 1490 g/mol. The van der Waals surface area contributed by atoms with E-state index < -0.39 is 198 Å². The second-order valence-corrected chi connectivity index (χ2v) is 31.4. The van der Waals surface area contributed by atoms with Gasteiger partial charge in [-0.25, -0.2) is 8.78 Å². The zero-order valence-corrected chi connectivity index (χ0v) is 63.8. The number of hydrogen-bond acceptors (Lipinski definition) is 12. The van der Waals surface area contributed by atoms with Gasteiger partial charge in [-0.2, -0.15) is 13.2 Å². The van der Waals surface area contributed by atoms with Crippen LogP contribution < -0.4 is 16.0 Å². The number of fused-ring (bicyclic) bond motifs is 1. The number of hydrogen-bond donors (Lipinski definition) is 3. The smallest absolute Gasteiger partial charge is 0.343 e. The minimum atomic E-state index is -4.83. The summed E-state index contributed by atoms with van der Waals surface area (Å²) in [5.41, 5.74) is -2.70. The van der Waals surface area contributed by atoms with E-state index in [0.717, 1.165) is 77.8 Å². The SMILES string of the molecule is CC[C@H](C)[C@@H]1NC(=O)[C@H](CC(C)C)N(C)C(=O)C[C@@H](C)N(C)C(=O)[C@H](C2CCCC2)N(C)C(=O)C2(CCCC2)NC(=O)[C@H](CC(=O)N2CCC(F)(F)CC2)N(C)C(=O)[C@H](CCc2ccc(C(F)(F)F)c(Cl)c2)NC(=O)CN(C)C(=O)[C@H](CC2CCCCC2)N(C)C(=O)[C@@H]2CCN2C(=O)[C@H](C)N(C)C1=O. The second-order valence-electron chi connectivity index (χ2n) is 30.9. The van der Waals surface area contributed by atoms with Crippen LogP contribution in [-0.4, -0.2) is 256 Å². The van der Waals surface area contributed by atoms with Gasteiger partial charge in [-0.1, -0.05) is 110 Å². The first-order chi connectivity index (χ1) is 48.7. The van der Waals surface area contributed by atoms with Crippen molar-refractivity contribution in [3.8, 4) is 0 Å². The lowest BCUT2D eigenvalue weighted by Gasteiger charge is -2.45. The van der Waals surface area contributed by atoms with Crippen LogP contribution in [0.25, 0.3) is 0 Å². The Morgan fingerprint density at radius 1 is 0.644 bits per heavy atom. The monoisotopic (exact) mass is 1490 g/mol. The highest BCUT2D eigenvalue weighted by Gasteiger charge is 2.52. The van der Waals surface area contributed by atoms with Gasteiger partial charge in [0.15, 0.2) is 0 Å². The van der Waals surface area contributed by atoms with E-state index in [4.69, 9.17) is 11.6 Å². The van der Waals surface area contributed by atoms with Crippen LogP contribution in [0.1, 0.15) is 194 Å². The first kappa shape index (κ1) is 84.1. The first-order valence-electron chi connectivity index (χ1n) is 37.3. The fraction of sp³-hybridized carbons (Fsp3) is 0.757. The van der Waals surface area contributed by atoms with Crippen LogP contribution in [0.5, 0.6) is 0 Å². The van der Waals surface area contributed by atoms with Crippen LogP contribution in [-0.2, 0) is 70.1 Å². The number of carbonyl (C=O) groups excluding carboxylic acids is 12. The van der Waals surface area contributed by atoms with Gasteiger partial charge in [0.2, 0.25) is 70.9 Å². The highest BCUT2D eigenvalue weighted by molar-refractivity contribution is 6.31. The molecule has 1 spiro atoms. The number of benzene rings is 1. The van der Waals surface area contributed by atoms with Crippen molar-refractivity contribution < 1.29 is 79.5 Å². The van der Waals surface area contributed by atoms with Gasteiger partial charge in [0.05, 0.1) is 23.6 Å². The van der Waals surface area contributed by atoms with Crippen molar-refractivity contribution in [2.75, 3.05) is 75.5 Å². The van der Waals surface area contributed by atoms with Crippen molar-refractivity contribution >= 4 is 82.5 Å². The zero-order chi connectivity index (χ0) is 77.2. The molecule has 3 heterocycles. The molecule has 104 heavy (non-hydrogen) atoms. The van der Waals surface area contributed by atoms with Crippen molar-refractivity contribution in [1.29, 1.82) is 0 Å². The molecule has 1 aromatic carbocycles. The fourth-order valence-electron chi connectivity index (χ4n) is 15.8. The molecule has 30 heteroatoms. The Bertz CT molecular complexity index is 3280. The minimum Gasteiger partial charge on any atom is -0.343 e. The lowest BCUT2D eigenvalue weighted by atomic mass is 9.84. The van der Waals surface area contributed by atoms with Gasteiger partial charge in [-0.15, -0.1) is 0 Å². The van der Waals surface area contributed by atoms with Crippen molar-refractivity contribution in [2.24, 2.45) is 23.7 Å². The summed E-state index contributed by atoms with van der Waals surface area (Å²) >= 11 is 6.17. The van der Waals surface area contributed by atoms with E-state index in [-0.39, 0.29) is 81.2 Å². The largest absolute Gasteiger partial charge is 0.417 e. The maximum atomic E-state index is 15.7. The highest BCUT2D eigenvalue weighted by Crippen LogP contribution is 2.39. The Hall–Kier alpha value is -7.20. The Kier molecular flexibility index (Phi) is 29.0. The Morgan fingerprint density at radius 3 is 1.82 bits per heavy atom. The lowest BCUT2D eigenvalue weighted by Crippen LogP contribution is -2.65. The standard InChI is InChI=1S/C74H112ClF5N12O12/c1-14-45(4)61-69(102)86(9)47(6)65(98)92-35-30-54(92)68(101)89(12)57(41-48-22-16-15-17-23-48)67(100)84(7)43-58(93)81-53(29-27-49-26-28-51(52(75)40-49)74(78,79)80)66(99)88(11)56(42-60(95)91-36-33-73(76,77)34-37-91)64(97)83-72(31-20-21-32-72)71(104)90(13)62(50-24-18-19-25-50)70(103)85(8)46(5)39-59(94)87(10)55(38-44(2)3)63(96)82-61/h26,28,40,44-48,50,53-57,61-62H,14-25,27,29-39,41-43H2,1-13H3,(H,81,93)(H,82,96)(H,83,97)/t45-,46+,47-,53-,54-,55-,56-,57-,61-,62-/m0/s1. The number of rotatable bonds is 12. The third kappa shape index (κ3) is 20.3. The van der Waals surface area contributed by atoms with Crippen LogP contribution in [0.2, 0.25) is 5.02 Å². The Labute approximate surface area is 614 Å². The van der Waals surface area contributed by atoms with Crippen molar-refractivity contribution in [3.63, 3.8) is 0 Å². The number of carbonyl (C=O) groups is 12. The first-order valence-corrected chi connectivity index (χ1v) is 37.7. The predicted molar refractivity (Wildman–Crippen MR) is 378 cm³/mol. The molecule has 10 atom stereocenters. The van der Waals surface area contributed by atoms with E-state index in [9.17, 15) is 55.5 Å². The normalized spacial score (nSPS) is 28.1. The number of piperidine rings is 1. The molecule has 24 nitrogen and oxygen atoms in total. The summed E-state index contributed by atoms with van der Waals surface area (Å²) in [5.74, 6) is -12.7. The maximum absolute atomic E-state index is 15.7. The lowest BCUT2D eigenvalue weighted by molar-refractivity contribution is -0.160. The van der Waals surface area contributed by atoms with E-state index in [1.165, 1.54) is 85.7 Å². The third-order valence-electron chi connectivity index (χ3n) is 23.2.